The van der Waals surface area contributed by atoms with Gasteiger partial charge in [-0.1, -0.05) is 6.92 Å². The van der Waals surface area contributed by atoms with Crippen LogP contribution in [0.15, 0.2) is 0 Å². The molecule has 6 heteroatoms. The lowest BCUT2D eigenvalue weighted by Gasteiger charge is -2.25. The van der Waals surface area contributed by atoms with Crippen molar-refractivity contribution in [3.8, 4) is 0 Å². The number of carboxylic acid groups (broad SMARTS) is 1. The summed E-state index contributed by atoms with van der Waals surface area (Å²) in [6, 6.07) is 0. The quantitative estimate of drug-likeness (QED) is 0.767. The molecule has 0 bridgehead atoms. The van der Waals surface area contributed by atoms with Crippen LogP contribution in [0.3, 0.4) is 0 Å². The van der Waals surface area contributed by atoms with E-state index >= 15 is 0 Å². The number of hydrogen-bond donors (Lipinski definition) is 1. The van der Waals surface area contributed by atoms with Crippen molar-refractivity contribution >= 4 is 16.0 Å². The van der Waals surface area contributed by atoms with E-state index < -0.39 is 21.4 Å². The molecule has 0 aliphatic carbocycles. The highest BCUT2D eigenvalue weighted by Crippen LogP contribution is 2.25. The van der Waals surface area contributed by atoms with Crippen molar-refractivity contribution in [2.45, 2.75) is 20.8 Å². The van der Waals surface area contributed by atoms with Gasteiger partial charge in [-0.05, 0) is 19.8 Å². The molecule has 88 valence electrons. The van der Waals surface area contributed by atoms with Crippen molar-refractivity contribution in [2.75, 3.05) is 18.8 Å². The second kappa shape index (κ2) is 3.75. The Morgan fingerprint density at radius 3 is 2.40 bits per heavy atom. The third kappa shape index (κ3) is 2.69. The summed E-state index contributed by atoms with van der Waals surface area (Å²) in [6.07, 6.45) is 0. The van der Waals surface area contributed by atoms with Crippen LogP contribution in [0, 0.1) is 11.3 Å². The summed E-state index contributed by atoms with van der Waals surface area (Å²) >= 11 is 0. The van der Waals surface area contributed by atoms with E-state index in [1.165, 1.54) is 18.2 Å². The van der Waals surface area contributed by atoms with Gasteiger partial charge in [0.2, 0.25) is 10.0 Å². The van der Waals surface area contributed by atoms with E-state index in [0.29, 0.717) is 6.54 Å². The fourth-order valence-electron chi connectivity index (χ4n) is 1.65. The van der Waals surface area contributed by atoms with E-state index in [-0.39, 0.29) is 18.2 Å². The first-order valence-corrected chi connectivity index (χ1v) is 6.47. The molecule has 1 aliphatic rings. The highest BCUT2D eigenvalue weighted by molar-refractivity contribution is 7.89. The Hall–Kier alpha value is -0.620. The first-order valence-electron chi connectivity index (χ1n) is 4.86. The van der Waals surface area contributed by atoms with E-state index in [2.05, 4.69) is 0 Å². The van der Waals surface area contributed by atoms with Crippen LogP contribution in [-0.2, 0) is 14.8 Å². The maximum atomic E-state index is 11.6. The predicted octanol–water partition coefficient (Wildman–Crippen LogP) is 0.379. The third-order valence-corrected chi connectivity index (χ3v) is 4.61. The van der Waals surface area contributed by atoms with Gasteiger partial charge in [0.25, 0.3) is 0 Å². The number of sulfonamides is 1. The van der Waals surface area contributed by atoms with Crippen molar-refractivity contribution in [2.24, 2.45) is 11.3 Å². The summed E-state index contributed by atoms with van der Waals surface area (Å²) in [4.78, 5) is 10.9. The summed E-state index contributed by atoms with van der Waals surface area (Å²) in [7, 11) is -3.23. The van der Waals surface area contributed by atoms with E-state index in [9.17, 15) is 13.2 Å². The van der Waals surface area contributed by atoms with Gasteiger partial charge in [0.1, 0.15) is 0 Å². The largest absolute Gasteiger partial charge is 0.481 e. The van der Waals surface area contributed by atoms with E-state index in [0.717, 1.165) is 0 Å². The Bertz CT molecular complexity index is 360. The summed E-state index contributed by atoms with van der Waals surface area (Å²) in [5, 5.41) is 8.92. The average Bonchev–Trinajstić information content (AvgIpc) is 2.23. The van der Waals surface area contributed by atoms with Gasteiger partial charge in [0.15, 0.2) is 0 Å². The van der Waals surface area contributed by atoms with Crippen LogP contribution in [0.25, 0.3) is 0 Å². The predicted molar refractivity (Wildman–Crippen MR) is 55.9 cm³/mol. The Kier molecular flexibility index (Phi) is 3.11. The molecule has 1 fully saturated rings. The van der Waals surface area contributed by atoms with E-state index in [4.69, 9.17) is 5.11 Å². The number of aliphatic carboxylic acids is 1. The molecule has 0 saturated carbocycles. The molecule has 1 heterocycles. The zero-order valence-electron chi connectivity index (χ0n) is 9.23. The second-order valence-corrected chi connectivity index (χ2v) is 6.88. The van der Waals surface area contributed by atoms with Gasteiger partial charge in [-0.25, -0.2) is 12.7 Å². The highest BCUT2D eigenvalue weighted by Gasteiger charge is 2.39. The smallest absolute Gasteiger partial charge is 0.310 e. The summed E-state index contributed by atoms with van der Waals surface area (Å²) in [6.45, 7) is 5.40. The highest BCUT2D eigenvalue weighted by atomic mass is 32.2. The Balaban J connectivity index is 2.80. The number of rotatable bonds is 3. The molecule has 0 aromatic carbocycles. The minimum absolute atomic E-state index is 0.0506. The topological polar surface area (TPSA) is 74.7 Å². The first kappa shape index (κ1) is 12.4. The van der Waals surface area contributed by atoms with Gasteiger partial charge in [-0.2, -0.15) is 0 Å². The second-order valence-electron chi connectivity index (χ2n) is 4.87. The molecule has 0 spiro atoms. The van der Waals surface area contributed by atoms with E-state index in [1.807, 2.05) is 6.92 Å². The molecule has 1 N–H and O–H groups in total. The number of carboxylic acids is 1. The Labute approximate surface area is 90.1 Å². The lowest BCUT2D eigenvalue weighted by molar-refractivity contribution is -0.147. The monoisotopic (exact) mass is 235 g/mol. The van der Waals surface area contributed by atoms with Crippen molar-refractivity contribution in [3.63, 3.8) is 0 Å². The number of nitrogens with zero attached hydrogens (tertiary/aromatic N) is 1. The van der Waals surface area contributed by atoms with Crippen LogP contribution in [0.1, 0.15) is 20.8 Å². The molecule has 1 unspecified atom stereocenters. The molecule has 0 radical (unpaired) electrons. The van der Waals surface area contributed by atoms with Crippen molar-refractivity contribution in [1.29, 1.82) is 0 Å². The molecular weight excluding hydrogens is 218 g/mol. The molecule has 1 atom stereocenters. The van der Waals surface area contributed by atoms with Gasteiger partial charge >= 0.3 is 5.97 Å². The Morgan fingerprint density at radius 2 is 2.07 bits per heavy atom. The molecule has 0 aromatic heterocycles. The number of hydrogen-bond acceptors (Lipinski definition) is 3. The van der Waals surface area contributed by atoms with Crippen LogP contribution in [0.2, 0.25) is 0 Å². The molecule has 15 heavy (non-hydrogen) atoms. The number of carbonyl (C=O) groups is 1. The molecule has 5 nitrogen and oxygen atoms in total. The van der Waals surface area contributed by atoms with Crippen molar-refractivity contribution in [3.05, 3.63) is 0 Å². The van der Waals surface area contributed by atoms with Gasteiger partial charge in [-0.3, -0.25) is 4.79 Å². The van der Waals surface area contributed by atoms with Crippen LogP contribution < -0.4 is 0 Å². The van der Waals surface area contributed by atoms with Crippen LogP contribution >= 0.6 is 0 Å². The van der Waals surface area contributed by atoms with Crippen LogP contribution in [0.4, 0.5) is 0 Å². The van der Waals surface area contributed by atoms with Crippen molar-refractivity contribution < 1.29 is 18.3 Å². The SMILES string of the molecule is CC1CN(CC(C)(C)C(=O)O)S(=O)(=O)C1. The van der Waals surface area contributed by atoms with E-state index in [1.54, 1.807) is 0 Å². The lowest BCUT2D eigenvalue weighted by atomic mass is 9.94. The third-order valence-electron chi connectivity index (χ3n) is 2.55. The minimum atomic E-state index is -3.23. The molecule has 0 aromatic rings. The fourth-order valence-corrected chi connectivity index (χ4v) is 3.69. The first-order chi connectivity index (χ1) is 6.65. The van der Waals surface area contributed by atoms with Gasteiger partial charge in [-0.15, -0.1) is 0 Å². The zero-order valence-corrected chi connectivity index (χ0v) is 10.0. The van der Waals surface area contributed by atoms with Gasteiger partial charge in [0, 0.05) is 13.1 Å². The Morgan fingerprint density at radius 1 is 1.53 bits per heavy atom. The minimum Gasteiger partial charge on any atom is -0.481 e. The van der Waals surface area contributed by atoms with Crippen LogP contribution in [0.5, 0.6) is 0 Å². The maximum absolute atomic E-state index is 11.6. The summed E-state index contributed by atoms with van der Waals surface area (Å²) < 4.78 is 24.5. The molecular formula is C9H17NO4S. The lowest BCUT2D eigenvalue weighted by Crippen LogP contribution is -2.40. The standard InChI is InChI=1S/C9H17NO4S/c1-7-4-10(15(13,14)5-7)6-9(2,3)8(11)12/h7H,4-6H2,1-3H3,(H,11,12). The normalized spacial score (nSPS) is 26.7. The summed E-state index contributed by atoms with van der Waals surface area (Å²) in [5.41, 5.74) is -1.03. The van der Waals surface area contributed by atoms with Crippen molar-refractivity contribution in [1.82, 2.24) is 4.31 Å². The van der Waals surface area contributed by atoms with Gasteiger partial charge in [0.05, 0.1) is 11.2 Å². The zero-order chi connectivity index (χ0) is 11.9. The molecule has 0 amide bonds. The molecule has 1 saturated heterocycles. The average molecular weight is 235 g/mol. The summed E-state index contributed by atoms with van der Waals surface area (Å²) in [5.74, 6) is -0.764. The maximum Gasteiger partial charge on any atom is 0.310 e. The van der Waals surface area contributed by atoms with Gasteiger partial charge < -0.3 is 5.11 Å². The molecule has 1 rings (SSSR count). The van der Waals surface area contributed by atoms with Crippen LogP contribution in [-0.4, -0.2) is 42.6 Å². The molecule has 1 aliphatic heterocycles. The fraction of sp³-hybridized carbons (Fsp3) is 0.889.